The number of hydrogen-bond acceptors (Lipinski definition) is 3. The molecule has 6 heteroatoms. The molecule has 0 atom stereocenters. The Morgan fingerprint density at radius 2 is 1.33 bits per heavy atom. The molecule has 3 nitrogen and oxygen atoms in total. The molecular formula is C12H32O3Si3. The van der Waals surface area contributed by atoms with Gasteiger partial charge in [0.1, 0.15) is 0 Å². The van der Waals surface area contributed by atoms with E-state index in [9.17, 15) is 0 Å². The van der Waals surface area contributed by atoms with Crippen LogP contribution in [0.4, 0.5) is 0 Å². The molecule has 110 valence electrons. The third-order valence-electron chi connectivity index (χ3n) is 2.51. The van der Waals surface area contributed by atoms with Crippen LogP contribution in [0.25, 0.3) is 0 Å². The van der Waals surface area contributed by atoms with Gasteiger partial charge in [0.25, 0.3) is 0 Å². The van der Waals surface area contributed by atoms with E-state index in [-0.39, 0.29) is 0 Å². The fraction of sp³-hybridized carbons (Fsp3) is 1.00. The summed E-state index contributed by atoms with van der Waals surface area (Å²) < 4.78 is 12.6. The first-order valence-electron chi connectivity index (χ1n) is 6.99. The Balaban J connectivity index is 4.20. The number of hydrogen-bond donors (Lipinski definition) is 1. The van der Waals surface area contributed by atoms with Crippen LogP contribution in [0.15, 0.2) is 0 Å². The number of unbranched alkanes of at least 4 members (excludes halogenated alkanes) is 2. The molecule has 0 saturated heterocycles. The molecule has 0 aromatic heterocycles. The van der Waals surface area contributed by atoms with E-state index < -0.39 is 25.2 Å². The van der Waals surface area contributed by atoms with Crippen LogP contribution < -0.4 is 0 Å². The van der Waals surface area contributed by atoms with Crippen molar-refractivity contribution in [2.75, 3.05) is 6.61 Å². The first kappa shape index (κ1) is 18.5. The minimum atomic E-state index is -1.97. The van der Waals surface area contributed by atoms with Crippen molar-refractivity contribution < 1.29 is 13.3 Å². The molecule has 0 bridgehead atoms. The van der Waals surface area contributed by atoms with Gasteiger partial charge in [-0.15, -0.1) is 0 Å². The highest BCUT2D eigenvalue weighted by Crippen LogP contribution is 2.24. The topological polar surface area (TPSA) is 38.7 Å². The van der Waals surface area contributed by atoms with Crippen molar-refractivity contribution in [2.45, 2.75) is 71.1 Å². The average Bonchev–Trinajstić information content (AvgIpc) is 2.06. The average molecular weight is 309 g/mol. The zero-order valence-electron chi connectivity index (χ0n) is 13.3. The molecule has 0 aromatic rings. The molecule has 0 radical (unpaired) electrons. The molecule has 0 heterocycles. The van der Waals surface area contributed by atoms with Gasteiger partial charge in [-0.2, -0.15) is 0 Å². The molecule has 0 spiro atoms. The lowest BCUT2D eigenvalue weighted by molar-refractivity contribution is 0.283. The summed E-state index contributed by atoms with van der Waals surface area (Å²) in [6.45, 7) is 15.9. The zero-order chi connectivity index (χ0) is 14.4. The quantitative estimate of drug-likeness (QED) is 0.518. The van der Waals surface area contributed by atoms with Gasteiger partial charge in [0.2, 0.25) is 0 Å². The SMILES string of the molecule is C[Si](C)(C)O[Si](C)(C)O[Si](C)(C)CCCCCO. The van der Waals surface area contributed by atoms with Crippen LogP contribution in [-0.2, 0) is 8.23 Å². The fourth-order valence-electron chi connectivity index (χ4n) is 2.31. The van der Waals surface area contributed by atoms with Crippen LogP contribution in [0.3, 0.4) is 0 Å². The summed E-state index contributed by atoms with van der Waals surface area (Å²) in [4.78, 5) is 0. The lowest BCUT2D eigenvalue weighted by Gasteiger charge is -2.37. The highest BCUT2D eigenvalue weighted by atomic mass is 28.5. The molecule has 0 unspecified atom stereocenters. The summed E-state index contributed by atoms with van der Waals surface area (Å²) in [7, 11) is -5.09. The maximum Gasteiger partial charge on any atom is 0.311 e. The van der Waals surface area contributed by atoms with E-state index in [4.69, 9.17) is 13.3 Å². The fourth-order valence-corrected chi connectivity index (χ4v) is 15.6. The molecule has 0 aromatic carbocycles. The Labute approximate surface area is 116 Å². The first-order valence-corrected chi connectivity index (χ1v) is 16.3. The lowest BCUT2D eigenvalue weighted by atomic mass is 10.3. The second-order valence-corrected chi connectivity index (χ2v) is 19.7. The Morgan fingerprint density at radius 1 is 0.778 bits per heavy atom. The Morgan fingerprint density at radius 3 is 1.78 bits per heavy atom. The molecular weight excluding hydrogens is 276 g/mol. The van der Waals surface area contributed by atoms with E-state index in [1.807, 2.05) is 0 Å². The van der Waals surface area contributed by atoms with Gasteiger partial charge in [-0.1, -0.05) is 12.8 Å². The van der Waals surface area contributed by atoms with Crippen LogP contribution in [-0.4, -0.2) is 36.9 Å². The van der Waals surface area contributed by atoms with Crippen molar-refractivity contribution in [1.29, 1.82) is 0 Å². The van der Waals surface area contributed by atoms with Crippen LogP contribution in [0.1, 0.15) is 19.3 Å². The second-order valence-electron chi connectivity index (χ2n) is 7.01. The van der Waals surface area contributed by atoms with Gasteiger partial charge in [0.05, 0.1) is 0 Å². The Kier molecular flexibility index (Phi) is 7.57. The van der Waals surface area contributed by atoms with Crippen LogP contribution in [0.2, 0.25) is 51.9 Å². The Bertz CT molecular complexity index is 237. The highest BCUT2D eigenvalue weighted by molar-refractivity contribution is 6.87. The normalized spacial score (nSPS) is 14.0. The molecule has 0 fully saturated rings. The summed E-state index contributed by atoms with van der Waals surface area (Å²) in [6, 6.07) is 1.17. The van der Waals surface area contributed by atoms with Crippen molar-refractivity contribution in [2.24, 2.45) is 0 Å². The monoisotopic (exact) mass is 308 g/mol. The van der Waals surface area contributed by atoms with Crippen molar-refractivity contribution in [3.8, 4) is 0 Å². The number of aliphatic hydroxyl groups excluding tert-OH is 1. The lowest BCUT2D eigenvalue weighted by Crippen LogP contribution is -2.51. The van der Waals surface area contributed by atoms with Crippen molar-refractivity contribution in [3.63, 3.8) is 0 Å². The minimum Gasteiger partial charge on any atom is -0.437 e. The van der Waals surface area contributed by atoms with E-state index in [1.54, 1.807) is 0 Å². The predicted octanol–water partition coefficient (Wildman–Crippen LogP) is 3.92. The third kappa shape index (κ3) is 10.5. The van der Waals surface area contributed by atoms with Crippen molar-refractivity contribution in [3.05, 3.63) is 0 Å². The maximum absolute atomic E-state index is 8.78. The molecule has 0 aliphatic carbocycles. The molecule has 1 N–H and O–H groups in total. The van der Waals surface area contributed by atoms with Crippen molar-refractivity contribution in [1.82, 2.24) is 0 Å². The van der Waals surface area contributed by atoms with Gasteiger partial charge < -0.3 is 13.3 Å². The summed E-state index contributed by atoms with van der Waals surface area (Å²) in [6.07, 6.45) is 3.18. The largest absolute Gasteiger partial charge is 0.437 e. The molecule has 0 aliphatic rings. The summed E-state index contributed by atoms with van der Waals surface area (Å²) >= 11 is 0. The van der Waals surface area contributed by atoms with Gasteiger partial charge >= 0.3 is 8.56 Å². The molecule has 0 aliphatic heterocycles. The predicted molar refractivity (Wildman–Crippen MR) is 86.2 cm³/mol. The van der Waals surface area contributed by atoms with Gasteiger partial charge in [-0.25, -0.2) is 0 Å². The van der Waals surface area contributed by atoms with Gasteiger partial charge in [-0.3, -0.25) is 0 Å². The van der Waals surface area contributed by atoms with E-state index in [0.29, 0.717) is 6.61 Å². The zero-order valence-corrected chi connectivity index (χ0v) is 16.3. The van der Waals surface area contributed by atoms with Gasteiger partial charge in [0.15, 0.2) is 16.6 Å². The summed E-state index contributed by atoms with van der Waals surface area (Å²) in [5, 5.41) is 8.78. The van der Waals surface area contributed by atoms with Gasteiger partial charge in [-0.05, 0) is 58.3 Å². The Hall–Kier alpha value is 0.531. The van der Waals surface area contributed by atoms with E-state index >= 15 is 0 Å². The molecule has 0 amide bonds. The maximum atomic E-state index is 8.78. The minimum absolute atomic E-state index is 0.307. The van der Waals surface area contributed by atoms with Crippen LogP contribution in [0.5, 0.6) is 0 Å². The second kappa shape index (κ2) is 7.35. The van der Waals surface area contributed by atoms with E-state index in [2.05, 4.69) is 45.8 Å². The molecule has 0 rings (SSSR count). The molecule has 18 heavy (non-hydrogen) atoms. The highest BCUT2D eigenvalue weighted by Gasteiger charge is 2.37. The molecule has 0 saturated carbocycles. The number of aliphatic hydroxyl groups is 1. The van der Waals surface area contributed by atoms with Crippen molar-refractivity contribution >= 4 is 25.2 Å². The summed E-state index contributed by atoms with van der Waals surface area (Å²) in [5.74, 6) is 0. The third-order valence-corrected chi connectivity index (χ3v) is 12.7. The smallest absolute Gasteiger partial charge is 0.311 e. The number of rotatable bonds is 9. The standard InChI is InChI=1S/C12H32O3Si3/c1-16(2,3)14-18(6,7)15-17(4,5)12-10-8-9-11-13/h13H,8-12H2,1-7H3. The van der Waals surface area contributed by atoms with Crippen LogP contribution >= 0.6 is 0 Å². The van der Waals surface area contributed by atoms with E-state index in [0.717, 1.165) is 19.3 Å². The first-order chi connectivity index (χ1) is 7.97. The van der Waals surface area contributed by atoms with Gasteiger partial charge in [0, 0.05) is 6.61 Å². The van der Waals surface area contributed by atoms with Crippen LogP contribution in [0, 0.1) is 0 Å². The van der Waals surface area contributed by atoms with E-state index in [1.165, 1.54) is 6.04 Å². The summed E-state index contributed by atoms with van der Waals surface area (Å²) in [5.41, 5.74) is 0.